The Hall–Kier alpha value is -2.29. The second-order valence-electron chi connectivity index (χ2n) is 5.49. The summed E-state index contributed by atoms with van der Waals surface area (Å²) in [6.45, 7) is 2.51. The summed E-state index contributed by atoms with van der Waals surface area (Å²) in [6.07, 6.45) is 3.11. The number of phenolic OH excluding ortho intramolecular Hbond substituents is 1. The zero-order chi connectivity index (χ0) is 14.8. The van der Waals surface area contributed by atoms with E-state index in [-0.39, 0.29) is 11.7 Å². The van der Waals surface area contributed by atoms with Gasteiger partial charge in [0.2, 0.25) is 0 Å². The molecule has 0 fully saturated rings. The van der Waals surface area contributed by atoms with Gasteiger partial charge in [-0.05, 0) is 49.9 Å². The standard InChI is InChI=1S/C18H19NO2/c1-13-15(9-6-11-17(13)20)18(21)19-12-5-4-8-14-7-2-3-10-16(14)19/h2-3,6-7,9-11,20H,4-5,8,12H2,1H3. The molecule has 0 aliphatic carbocycles. The number of nitrogens with zero attached hydrogens (tertiary/aromatic N) is 1. The van der Waals surface area contributed by atoms with Gasteiger partial charge in [-0.2, -0.15) is 0 Å². The molecule has 0 aromatic heterocycles. The summed E-state index contributed by atoms with van der Waals surface area (Å²) in [5.41, 5.74) is 3.44. The molecule has 1 aliphatic heterocycles. The molecule has 1 heterocycles. The van der Waals surface area contributed by atoms with Crippen LogP contribution in [0.5, 0.6) is 5.75 Å². The number of aromatic hydroxyl groups is 1. The first kappa shape index (κ1) is 13.7. The number of hydrogen-bond donors (Lipinski definition) is 1. The number of phenols is 1. The van der Waals surface area contributed by atoms with E-state index in [1.54, 1.807) is 25.1 Å². The average Bonchev–Trinajstić information content (AvgIpc) is 2.72. The number of anilines is 1. The number of carbonyl (C=O) groups is 1. The summed E-state index contributed by atoms with van der Waals surface area (Å²) in [5, 5.41) is 9.83. The zero-order valence-electron chi connectivity index (χ0n) is 12.2. The lowest BCUT2D eigenvalue weighted by Gasteiger charge is -2.24. The molecule has 0 spiro atoms. The van der Waals surface area contributed by atoms with Gasteiger partial charge in [-0.1, -0.05) is 24.3 Å². The van der Waals surface area contributed by atoms with Crippen LogP contribution in [0.15, 0.2) is 42.5 Å². The molecule has 0 saturated heterocycles. The molecule has 0 unspecified atom stereocenters. The SMILES string of the molecule is Cc1c(O)cccc1C(=O)N1CCCCc2ccccc21. The predicted molar refractivity (Wildman–Crippen MR) is 83.9 cm³/mol. The molecule has 0 saturated carbocycles. The number of hydrogen-bond acceptors (Lipinski definition) is 2. The Morgan fingerprint density at radius 2 is 1.90 bits per heavy atom. The predicted octanol–water partition coefficient (Wildman–Crippen LogP) is 3.68. The molecule has 108 valence electrons. The summed E-state index contributed by atoms with van der Waals surface area (Å²) in [6, 6.07) is 13.2. The van der Waals surface area contributed by atoms with Crippen LogP contribution < -0.4 is 4.90 Å². The van der Waals surface area contributed by atoms with E-state index in [1.165, 1.54) is 5.56 Å². The van der Waals surface area contributed by atoms with Crippen LogP contribution in [-0.4, -0.2) is 17.6 Å². The van der Waals surface area contributed by atoms with Crippen molar-refractivity contribution in [2.24, 2.45) is 0 Å². The highest BCUT2D eigenvalue weighted by molar-refractivity contribution is 6.07. The Morgan fingerprint density at radius 1 is 1.10 bits per heavy atom. The fourth-order valence-corrected chi connectivity index (χ4v) is 2.90. The van der Waals surface area contributed by atoms with Crippen molar-refractivity contribution in [3.8, 4) is 5.75 Å². The Labute approximate surface area is 124 Å². The molecule has 1 aliphatic rings. The van der Waals surface area contributed by atoms with Gasteiger partial charge in [0.05, 0.1) is 0 Å². The van der Waals surface area contributed by atoms with E-state index >= 15 is 0 Å². The van der Waals surface area contributed by atoms with Crippen molar-refractivity contribution >= 4 is 11.6 Å². The Kier molecular flexibility index (Phi) is 3.65. The fourth-order valence-electron chi connectivity index (χ4n) is 2.90. The van der Waals surface area contributed by atoms with E-state index in [9.17, 15) is 9.90 Å². The van der Waals surface area contributed by atoms with Crippen LogP contribution in [0.3, 0.4) is 0 Å². The van der Waals surface area contributed by atoms with Crippen molar-refractivity contribution in [1.29, 1.82) is 0 Å². The van der Waals surface area contributed by atoms with Crippen molar-refractivity contribution in [2.45, 2.75) is 26.2 Å². The van der Waals surface area contributed by atoms with Crippen LogP contribution in [-0.2, 0) is 6.42 Å². The minimum absolute atomic E-state index is 0.0299. The van der Waals surface area contributed by atoms with Crippen LogP contribution in [0.4, 0.5) is 5.69 Å². The zero-order valence-corrected chi connectivity index (χ0v) is 12.2. The first-order valence-corrected chi connectivity index (χ1v) is 7.37. The summed E-state index contributed by atoms with van der Waals surface area (Å²) >= 11 is 0. The maximum Gasteiger partial charge on any atom is 0.258 e. The number of amides is 1. The van der Waals surface area contributed by atoms with Gasteiger partial charge in [0, 0.05) is 23.4 Å². The largest absolute Gasteiger partial charge is 0.508 e. The molecule has 3 rings (SSSR count). The molecule has 2 aromatic carbocycles. The van der Waals surface area contributed by atoms with Crippen LogP contribution in [0.1, 0.15) is 34.3 Å². The summed E-state index contributed by atoms with van der Waals surface area (Å²) < 4.78 is 0. The van der Waals surface area contributed by atoms with E-state index in [0.29, 0.717) is 11.1 Å². The third-order valence-electron chi connectivity index (χ3n) is 4.14. The molecule has 0 atom stereocenters. The van der Waals surface area contributed by atoms with Crippen LogP contribution in [0, 0.1) is 6.92 Å². The lowest BCUT2D eigenvalue weighted by Crippen LogP contribution is -2.32. The molecule has 0 radical (unpaired) electrons. The fraction of sp³-hybridized carbons (Fsp3) is 0.278. The van der Waals surface area contributed by atoms with Gasteiger partial charge in [0.15, 0.2) is 0 Å². The van der Waals surface area contributed by atoms with E-state index in [2.05, 4.69) is 6.07 Å². The summed E-state index contributed by atoms with van der Waals surface area (Å²) in [7, 11) is 0. The normalized spacial score (nSPS) is 14.4. The lowest BCUT2D eigenvalue weighted by atomic mass is 10.0. The van der Waals surface area contributed by atoms with Crippen molar-refractivity contribution in [2.75, 3.05) is 11.4 Å². The van der Waals surface area contributed by atoms with E-state index in [4.69, 9.17) is 0 Å². The Balaban J connectivity index is 2.03. The first-order valence-electron chi connectivity index (χ1n) is 7.37. The van der Waals surface area contributed by atoms with Gasteiger partial charge < -0.3 is 10.0 Å². The second-order valence-corrected chi connectivity index (χ2v) is 5.49. The number of carbonyl (C=O) groups excluding carboxylic acids is 1. The van der Waals surface area contributed by atoms with Crippen LogP contribution in [0.2, 0.25) is 0 Å². The van der Waals surface area contributed by atoms with Gasteiger partial charge in [0.1, 0.15) is 5.75 Å². The third kappa shape index (κ3) is 2.51. The minimum atomic E-state index is -0.0299. The molecular formula is C18H19NO2. The molecule has 1 N–H and O–H groups in total. The highest BCUT2D eigenvalue weighted by Gasteiger charge is 2.23. The molecule has 0 bridgehead atoms. The summed E-state index contributed by atoms with van der Waals surface area (Å²) in [4.78, 5) is 14.8. The summed E-state index contributed by atoms with van der Waals surface area (Å²) in [5.74, 6) is 0.140. The molecule has 2 aromatic rings. The third-order valence-corrected chi connectivity index (χ3v) is 4.14. The smallest absolute Gasteiger partial charge is 0.258 e. The topological polar surface area (TPSA) is 40.5 Å². The van der Waals surface area contributed by atoms with E-state index < -0.39 is 0 Å². The van der Waals surface area contributed by atoms with Crippen LogP contribution in [0.25, 0.3) is 0 Å². The van der Waals surface area contributed by atoms with Crippen molar-refractivity contribution < 1.29 is 9.90 Å². The highest BCUT2D eigenvalue weighted by atomic mass is 16.3. The minimum Gasteiger partial charge on any atom is -0.508 e. The lowest BCUT2D eigenvalue weighted by molar-refractivity contribution is 0.0986. The van der Waals surface area contributed by atoms with Gasteiger partial charge in [-0.3, -0.25) is 4.79 Å². The number of aryl methyl sites for hydroxylation is 1. The van der Waals surface area contributed by atoms with Crippen LogP contribution >= 0.6 is 0 Å². The maximum atomic E-state index is 12.9. The van der Waals surface area contributed by atoms with E-state index in [0.717, 1.165) is 31.5 Å². The number of para-hydroxylation sites is 1. The molecule has 3 nitrogen and oxygen atoms in total. The molecule has 1 amide bonds. The number of fused-ring (bicyclic) bond motifs is 1. The van der Waals surface area contributed by atoms with Gasteiger partial charge in [-0.25, -0.2) is 0 Å². The number of rotatable bonds is 1. The average molecular weight is 281 g/mol. The maximum absolute atomic E-state index is 12.9. The van der Waals surface area contributed by atoms with Crippen molar-refractivity contribution in [3.05, 3.63) is 59.2 Å². The number of benzene rings is 2. The van der Waals surface area contributed by atoms with E-state index in [1.807, 2.05) is 23.1 Å². The highest BCUT2D eigenvalue weighted by Crippen LogP contribution is 2.29. The van der Waals surface area contributed by atoms with Gasteiger partial charge in [-0.15, -0.1) is 0 Å². The Bertz CT molecular complexity index is 679. The van der Waals surface area contributed by atoms with Gasteiger partial charge >= 0.3 is 0 Å². The van der Waals surface area contributed by atoms with Gasteiger partial charge in [0.25, 0.3) is 5.91 Å². The molecular weight excluding hydrogens is 262 g/mol. The first-order chi connectivity index (χ1) is 10.2. The van der Waals surface area contributed by atoms with Crippen molar-refractivity contribution in [1.82, 2.24) is 0 Å². The molecule has 3 heteroatoms. The Morgan fingerprint density at radius 3 is 2.76 bits per heavy atom. The monoisotopic (exact) mass is 281 g/mol. The molecule has 21 heavy (non-hydrogen) atoms. The second kappa shape index (κ2) is 5.60. The quantitative estimate of drug-likeness (QED) is 0.866. The van der Waals surface area contributed by atoms with Crippen molar-refractivity contribution in [3.63, 3.8) is 0 Å².